The zero-order valence-electron chi connectivity index (χ0n) is 30.9. The fraction of sp³-hybridized carbons (Fsp3) is 0.675. The number of unbranched alkanes of at least 4 members (excludes halogenated alkanes) is 7. The number of rotatable bonds is 31. The number of likely N-dealkylation sites (N-methyl/N-ethyl adjacent to an activating group) is 1. The molecule has 0 saturated carbocycles. The van der Waals surface area contributed by atoms with Crippen LogP contribution in [0.2, 0.25) is 0 Å². The molecule has 0 spiro atoms. The van der Waals surface area contributed by atoms with E-state index in [1.807, 2.05) is 6.08 Å². The third-order valence-corrected chi connectivity index (χ3v) is 7.65. The first-order chi connectivity index (χ1) is 23.1. The number of hydrogen-bond donors (Lipinski definition) is 0. The van der Waals surface area contributed by atoms with E-state index < -0.39 is 18.1 Å². The maximum Gasteiger partial charge on any atom is 0.306 e. The van der Waals surface area contributed by atoms with Gasteiger partial charge in [-0.15, -0.1) is 0 Å². The molecule has 0 aromatic rings. The molecule has 0 aromatic carbocycles. The second kappa shape index (κ2) is 31.3. The zero-order valence-corrected chi connectivity index (χ0v) is 30.9. The number of quaternary nitrogens is 1. The third-order valence-electron chi connectivity index (χ3n) is 7.65. The van der Waals surface area contributed by atoms with E-state index in [-0.39, 0.29) is 55.5 Å². The van der Waals surface area contributed by atoms with Crippen molar-refractivity contribution in [3.05, 3.63) is 60.8 Å². The molecule has 0 saturated heterocycles. The monoisotopic (exact) mass is 673 g/mol. The molecule has 2 atom stereocenters. The summed E-state index contributed by atoms with van der Waals surface area (Å²) in [6.07, 6.45) is 35.6. The molecule has 0 bridgehead atoms. The molecule has 0 fully saturated rings. The Kier molecular flexibility index (Phi) is 29.4. The number of carboxylic acid groups (broad SMARTS) is 1. The van der Waals surface area contributed by atoms with Gasteiger partial charge in [0.05, 0.1) is 40.3 Å². The quantitative estimate of drug-likeness (QED) is 0.0321. The Hall–Kier alpha value is -2.97. The highest BCUT2D eigenvalue weighted by molar-refractivity contribution is 5.70. The van der Waals surface area contributed by atoms with Crippen LogP contribution in [0, 0.1) is 0 Å². The second-order valence-corrected chi connectivity index (χ2v) is 13.1. The van der Waals surface area contributed by atoms with Gasteiger partial charge in [0, 0.05) is 19.3 Å². The molecule has 0 aliphatic heterocycles. The summed E-state index contributed by atoms with van der Waals surface area (Å²) in [5, 5.41) is 11.6. The van der Waals surface area contributed by atoms with Gasteiger partial charge < -0.3 is 28.6 Å². The normalized spacial score (nSPS) is 13.8. The first-order valence-corrected chi connectivity index (χ1v) is 18.3. The fourth-order valence-corrected chi connectivity index (χ4v) is 4.79. The Morgan fingerprint density at radius 3 is 1.81 bits per heavy atom. The Morgan fingerprint density at radius 1 is 0.646 bits per heavy atom. The summed E-state index contributed by atoms with van der Waals surface area (Å²) in [4.78, 5) is 36.5. The SMILES string of the molecule is CC/C=C/C/C=C/C/C=C/CCCC(=O)OC(COCCC(C(=O)[O-])[N+](C)(C)C)COC(=O)CC/C=C/C/C=C/CCCCCCCC. The van der Waals surface area contributed by atoms with Crippen molar-refractivity contribution >= 4 is 17.9 Å². The van der Waals surface area contributed by atoms with Crippen molar-refractivity contribution in [1.82, 2.24) is 0 Å². The summed E-state index contributed by atoms with van der Waals surface area (Å²) in [6, 6.07) is -0.742. The van der Waals surface area contributed by atoms with E-state index in [9.17, 15) is 19.5 Å². The maximum atomic E-state index is 12.6. The molecule has 0 rings (SSSR count). The van der Waals surface area contributed by atoms with Gasteiger partial charge in [-0.2, -0.15) is 0 Å². The number of aliphatic carboxylic acids is 1. The average Bonchev–Trinajstić information content (AvgIpc) is 3.03. The number of hydrogen-bond acceptors (Lipinski definition) is 7. The van der Waals surface area contributed by atoms with Gasteiger partial charge in [0.1, 0.15) is 12.6 Å². The van der Waals surface area contributed by atoms with Crippen molar-refractivity contribution in [3.8, 4) is 0 Å². The molecule has 8 heteroatoms. The Bertz CT molecular complexity index is 975. The number of esters is 2. The minimum atomic E-state index is -1.14. The summed E-state index contributed by atoms with van der Waals surface area (Å²) < 4.78 is 16.9. The molecular weight excluding hydrogens is 606 g/mol. The fourth-order valence-electron chi connectivity index (χ4n) is 4.79. The lowest BCUT2D eigenvalue weighted by Gasteiger charge is -2.34. The van der Waals surface area contributed by atoms with Crippen molar-refractivity contribution in [2.24, 2.45) is 0 Å². The number of carbonyl (C=O) groups is 3. The molecule has 2 unspecified atom stereocenters. The van der Waals surface area contributed by atoms with Crippen molar-refractivity contribution < 1.29 is 38.2 Å². The van der Waals surface area contributed by atoms with Crippen molar-refractivity contribution in [2.75, 3.05) is 41.0 Å². The standard InChI is InChI=1S/C40H67NO7/c1-6-8-10-12-14-16-18-19-21-22-24-26-28-30-38(42)47-35-36(34-46-33-32-37(40(44)45)41(3,4)5)48-39(43)31-29-27-25-23-20-17-15-13-11-9-7-2/h9,11,15,17,19,21,23-26,36-37H,6-8,10,12-14,16,18,20,22,27-35H2,1-5H3/b11-9+,17-15+,21-19+,25-23+,26-24+. The van der Waals surface area contributed by atoms with Gasteiger partial charge in [-0.1, -0.05) is 107 Å². The molecule has 8 nitrogen and oxygen atoms in total. The number of allylic oxidation sites excluding steroid dienone is 10. The van der Waals surface area contributed by atoms with E-state index in [0.29, 0.717) is 12.8 Å². The highest BCUT2D eigenvalue weighted by Crippen LogP contribution is 2.10. The Balaban J connectivity index is 4.61. The van der Waals surface area contributed by atoms with Crippen LogP contribution in [0.1, 0.15) is 123 Å². The molecule has 0 heterocycles. The van der Waals surface area contributed by atoms with Crippen LogP contribution in [0.4, 0.5) is 0 Å². The zero-order chi connectivity index (χ0) is 35.7. The summed E-state index contributed by atoms with van der Waals surface area (Å²) in [7, 11) is 5.35. The van der Waals surface area contributed by atoms with Gasteiger partial charge in [-0.25, -0.2) is 0 Å². The van der Waals surface area contributed by atoms with Crippen LogP contribution >= 0.6 is 0 Å². The summed E-state index contributed by atoms with van der Waals surface area (Å²) in [5.74, 6) is -1.90. The highest BCUT2D eigenvalue weighted by Gasteiger charge is 2.25. The topological polar surface area (TPSA) is 102 Å². The smallest absolute Gasteiger partial charge is 0.306 e. The number of nitrogens with zero attached hydrogens (tertiary/aromatic N) is 1. The second-order valence-electron chi connectivity index (χ2n) is 13.1. The van der Waals surface area contributed by atoms with Crippen LogP contribution in [0.5, 0.6) is 0 Å². The van der Waals surface area contributed by atoms with E-state index in [2.05, 4.69) is 68.5 Å². The predicted molar refractivity (Wildman–Crippen MR) is 194 cm³/mol. The van der Waals surface area contributed by atoms with E-state index in [4.69, 9.17) is 14.2 Å². The number of carboxylic acids is 1. The van der Waals surface area contributed by atoms with Gasteiger partial charge in [0.25, 0.3) is 0 Å². The highest BCUT2D eigenvalue weighted by atomic mass is 16.6. The first-order valence-electron chi connectivity index (χ1n) is 18.3. The lowest BCUT2D eigenvalue weighted by molar-refractivity contribution is -0.889. The average molecular weight is 674 g/mol. The molecule has 0 aliphatic rings. The van der Waals surface area contributed by atoms with Crippen LogP contribution < -0.4 is 5.11 Å². The summed E-state index contributed by atoms with van der Waals surface area (Å²) >= 11 is 0. The van der Waals surface area contributed by atoms with E-state index >= 15 is 0 Å². The molecular formula is C40H67NO7. The van der Waals surface area contributed by atoms with Gasteiger partial charge in [-0.3, -0.25) is 9.59 Å². The van der Waals surface area contributed by atoms with Crippen LogP contribution in [-0.2, 0) is 28.6 Å². The Morgan fingerprint density at radius 2 is 1.21 bits per heavy atom. The minimum Gasteiger partial charge on any atom is -0.544 e. The molecule has 274 valence electrons. The van der Waals surface area contributed by atoms with Crippen molar-refractivity contribution in [1.29, 1.82) is 0 Å². The number of carbonyl (C=O) groups excluding carboxylic acids is 3. The summed E-state index contributed by atoms with van der Waals surface area (Å²) in [6.45, 7) is 4.37. The van der Waals surface area contributed by atoms with E-state index in [1.54, 1.807) is 21.1 Å². The molecule has 0 aliphatic carbocycles. The van der Waals surface area contributed by atoms with Crippen LogP contribution in [0.25, 0.3) is 0 Å². The largest absolute Gasteiger partial charge is 0.544 e. The van der Waals surface area contributed by atoms with Crippen LogP contribution in [-0.4, -0.2) is 75.5 Å². The van der Waals surface area contributed by atoms with Crippen LogP contribution in [0.3, 0.4) is 0 Å². The van der Waals surface area contributed by atoms with Crippen molar-refractivity contribution in [3.63, 3.8) is 0 Å². The lowest BCUT2D eigenvalue weighted by atomic mass is 10.1. The molecule has 0 aromatic heterocycles. The van der Waals surface area contributed by atoms with E-state index in [0.717, 1.165) is 38.5 Å². The summed E-state index contributed by atoms with van der Waals surface area (Å²) in [5.41, 5.74) is 0. The van der Waals surface area contributed by atoms with Gasteiger partial charge in [0.15, 0.2) is 6.10 Å². The first kappa shape index (κ1) is 45.0. The molecule has 48 heavy (non-hydrogen) atoms. The third kappa shape index (κ3) is 29.2. The molecule has 0 radical (unpaired) electrons. The van der Waals surface area contributed by atoms with Crippen molar-refractivity contribution in [2.45, 2.75) is 135 Å². The van der Waals surface area contributed by atoms with Crippen LogP contribution in [0.15, 0.2) is 60.8 Å². The van der Waals surface area contributed by atoms with Gasteiger partial charge in [0.2, 0.25) is 0 Å². The minimum absolute atomic E-state index is 0.000585. The van der Waals surface area contributed by atoms with E-state index in [1.165, 1.54) is 38.5 Å². The number of ether oxygens (including phenoxy) is 3. The Labute approximate surface area is 292 Å². The molecule has 0 amide bonds. The van der Waals surface area contributed by atoms with Gasteiger partial charge >= 0.3 is 11.9 Å². The lowest BCUT2D eigenvalue weighted by Crippen LogP contribution is -2.55. The molecule has 0 N–H and O–H groups in total. The maximum absolute atomic E-state index is 12.6. The van der Waals surface area contributed by atoms with Gasteiger partial charge in [-0.05, 0) is 57.8 Å². The predicted octanol–water partition coefficient (Wildman–Crippen LogP) is 7.74.